The monoisotopic (exact) mass is 459 g/mol. The molecular weight excluding hydrogens is 437 g/mol. The Hall–Kier alpha value is -2.12. The lowest BCUT2D eigenvalue weighted by atomic mass is 10.1. The van der Waals surface area contributed by atoms with Gasteiger partial charge in [-0.1, -0.05) is 6.08 Å². The van der Waals surface area contributed by atoms with Gasteiger partial charge in [0, 0.05) is 11.8 Å². The van der Waals surface area contributed by atoms with Gasteiger partial charge in [-0.05, 0) is 30.2 Å². The number of aliphatic hydroxyl groups is 2. The SMILES string of the molecule is Nc1ccn([C@@H]2O[C@H](COP(=O)(O)OC[C@@H]3[C@@H]4C=C(C(=O)O)C[C@@H]43)[C@@H](O)[C@H]2O)c(=O)n1. The number of fused-ring (bicyclic) bond motifs is 1. The van der Waals surface area contributed by atoms with Crippen molar-refractivity contribution < 1.29 is 43.4 Å². The number of aliphatic hydroxyl groups excluding tert-OH is 2. The summed E-state index contributed by atoms with van der Waals surface area (Å²) in [5, 5.41) is 29.3. The molecule has 1 saturated carbocycles. The lowest BCUT2D eigenvalue weighted by Gasteiger charge is -2.18. The number of aliphatic carboxylic acids is 1. The third-order valence-electron chi connectivity index (χ3n) is 5.82. The molecule has 170 valence electrons. The third-order valence-corrected chi connectivity index (χ3v) is 6.77. The standard InChI is InChI=1S/C17H22N3O10P/c18-12-1-2-20(17(25)19-12)15-14(22)13(21)11(30-15)6-29-31(26,27)28-5-10-8-3-7(16(23)24)4-9(8)10/h1-3,8-11,13-15,21-22H,4-6H2,(H,23,24)(H,26,27)(H2,18,19,25)/t8-,9+,10-,11-,13-,14-,15-/m1/s1. The molecule has 1 aromatic heterocycles. The summed E-state index contributed by atoms with van der Waals surface area (Å²) in [5.74, 6) is -0.961. The van der Waals surface area contributed by atoms with E-state index in [1.165, 1.54) is 12.3 Å². The summed E-state index contributed by atoms with van der Waals surface area (Å²) < 4.78 is 28.4. The summed E-state index contributed by atoms with van der Waals surface area (Å²) in [6, 6.07) is 1.31. The maximum Gasteiger partial charge on any atom is 0.472 e. The van der Waals surface area contributed by atoms with Gasteiger partial charge in [0.05, 0.1) is 13.2 Å². The molecule has 0 spiro atoms. The molecule has 1 unspecified atom stereocenters. The maximum absolute atomic E-state index is 12.1. The number of nitrogen functional groups attached to an aromatic ring is 1. The fourth-order valence-electron chi connectivity index (χ4n) is 4.06. The molecule has 2 aliphatic carbocycles. The summed E-state index contributed by atoms with van der Waals surface area (Å²) in [7, 11) is -4.49. The van der Waals surface area contributed by atoms with Gasteiger partial charge in [-0.25, -0.2) is 14.2 Å². The van der Waals surface area contributed by atoms with Crippen LogP contribution in [0.4, 0.5) is 5.82 Å². The first-order chi connectivity index (χ1) is 14.6. The lowest BCUT2D eigenvalue weighted by molar-refractivity contribution is -0.132. The Morgan fingerprint density at radius 1 is 1.32 bits per heavy atom. The van der Waals surface area contributed by atoms with Gasteiger partial charge in [0.2, 0.25) is 0 Å². The Labute approximate surface area is 175 Å². The van der Waals surface area contributed by atoms with E-state index < -0.39 is 50.6 Å². The van der Waals surface area contributed by atoms with Crippen molar-refractivity contribution in [2.75, 3.05) is 18.9 Å². The number of hydrogen-bond donors (Lipinski definition) is 5. The molecule has 1 aromatic rings. The van der Waals surface area contributed by atoms with E-state index in [0.29, 0.717) is 12.0 Å². The number of carboxylic acids is 1. The first kappa shape index (κ1) is 22.1. The smallest absolute Gasteiger partial charge is 0.472 e. The highest BCUT2D eigenvalue weighted by atomic mass is 31.2. The van der Waals surface area contributed by atoms with E-state index in [-0.39, 0.29) is 30.2 Å². The fourth-order valence-corrected chi connectivity index (χ4v) is 4.83. The van der Waals surface area contributed by atoms with Crippen LogP contribution < -0.4 is 11.4 Å². The average Bonchev–Trinajstić information content (AvgIpc) is 3.01. The van der Waals surface area contributed by atoms with Gasteiger partial charge < -0.3 is 30.7 Å². The molecule has 2 fully saturated rings. The van der Waals surface area contributed by atoms with Crippen molar-refractivity contribution in [2.24, 2.45) is 17.8 Å². The predicted octanol–water partition coefficient (Wildman–Crippen LogP) is -1.14. The van der Waals surface area contributed by atoms with Crippen LogP contribution in [0.2, 0.25) is 0 Å². The van der Waals surface area contributed by atoms with Crippen LogP contribution in [0.15, 0.2) is 28.7 Å². The highest BCUT2D eigenvalue weighted by Gasteiger charge is 2.54. The Kier molecular flexibility index (Phi) is 5.77. The zero-order chi connectivity index (χ0) is 22.5. The van der Waals surface area contributed by atoms with Crippen LogP contribution in [-0.2, 0) is 23.1 Å². The zero-order valence-corrected chi connectivity index (χ0v) is 16.9. The van der Waals surface area contributed by atoms with Gasteiger partial charge in [0.15, 0.2) is 6.23 Å². The molecule has 14 heteroatoms. The number of aromatic nitrogens is 2. The summed E-state index contributed by atoms with van der Waals surface area (Å²) in [6.45, 7) is -0.668. The summed E-state index contributed by atoms with van der Waals surface area (Å²) in [4.78, 5) is 36.2. The van der Waals surface area contributed by atoms with E-state index in [0.717, 1.165) is 4.57 Å². The van der Waals surface area contributed by atoms with Crippen molar-refractivity contribution in [1.82, 2.24) is 9.55 Å². The van der Waals surface area contributed by atoms with Crippen LogP contribution in [-0.4, -0.2) is 67.3 Å². The van der Waals surface area contributed by atoms with Gasteiger partial charge >= 0.3 is 19.5 Å². The van der Waals surface area contributed by atoms with Crippen molar-refractivity contribution in [2.45, 2.75) is 31.0 Å². The number of rotatable bonds is 8. The largest absolute Gasteiger partial charge is 0.478 e. The van der Waals surface area contributed by atoms with Crippen LogP contribution in [0.25, 0.3) is 0 Å². The molecule has 3 aliphatic rings. The molecule has 31 heavy (non-hydrogen) atoms. The van der Waals surface area contributed by atoms with Gasteiger partial charge in [-0.3, -0.25) is 13.6 Å². The second-order valence-corrected chi connectivity index (χ2v) is 9.21. The number of phosphoric acid groups is 1. The number of carboxylic acid groups (broad SMARTS) is 1. The van der Waals surface area contributed by atoms with Gasteiger partial charge in [-0.2, -0.15) is 4.98 Å². The number of nitrogens with two attached hydrogens (primary N) is 1. The normalized spacial score (nSPS) is 36.0. The highest BCUT2D eigenvalue weighted by molar-refractivity contribution is 7.47. The predicted molar refractivity (Wildman–Crippen MR) is 101 cm³/mol. The quantitative estimate of drug-likeness (QED) is 0.293. The van der Waals surface area contributed by atoms with E-state index in [4.69, 9.17) is 24.6 Å². The van der Waals surface area contributed by atoms with Gasteiger partial charge in [-0.15, -0.1) is 0 Å². The molecule has 0 aromatic carbocycles. The average molecular weight is 459 g/mol. The van der Waals surface area contributed by atoms with E-state index >= 15 is 0 Å². The second-order valence-electron chi connectivity index (χ2n) is 7.75. The second kappa shape index (κ2) is 8.10. The first-order valence-electron chi connectivity index (χ1n) is 9.49. The van der Waals surface area contributed by atoms with Crippen LogP contribution in [0, 0.1) is 17.8 Å². The van der Waals surface area contributed by atoms with Crippen LogP contribution >= 0.6 is 7.82 Å². The molecule has 1 saturated heterocycles. The number of hydrogen-bond acceptors (Lipinski definition) is 10. The van der Waals surface area contributed by atoms with Crippen molar-refractivity contribution in [3.63, 3.8) is 0 Å². The molecule has 1 aliphatic heterocycles. The fraction of sp³-hybridized carbons (Fsp3) is 0.588. The molecular formula is C17H22N3O10P. The summed E-state index contributed by atoms with van der Waals surface area (Å²) in [5.41, 5.74) is 4.95. The highest BCUT2D eigenvalue weighted by Crippen LogP contribution is 2.58. The number of carbonyl (C=O) groups is 1. The van der Waals surface area contributed by atoms with Crippen LogP contribution in [0.5, 0.6) is 0 Å². The first-order valence-corrected chi connectivity index (χ1v) is 11.0. The molecule has 4 rings (SSSR count). The van der Waals surface area contributed by atoms with E-state index in [2.05, 4.69) is 4.98 Å². The van der Waals surface area contributed by atoms with E-state index in [9.17, 15) is 29.3 Å². The van der Waals surface area contributed by atoms with Crippen LogP contribution in [0.1, 0.15) is 12.6 Å². The molecule has 0 radical (unpaired) electrons. The molecule has 2 heterocycles. The summed E-state index contributed by atoms with van der Waals surface area (Å²) >= 11 is 0. The molecule has 0 amide bonds. The minimum atomic E-state index is -4.49. The minimum absolute atomic E-state index is 0.00817. The molecule has 13 nitrogen and oxygen atoms in total. The molecule has 6 N–H and O–H groups in total. The maximum atomic E-state index is 12.1. The number of phosphoric ester groups is 1. The minimum Gasteiger partial charge on any atom is -0.478 e. The van der Waals surface area contributed by atoms with Crippen LogP contribution in [0.3, 0.4) is 0 Å². The number of nitrogens with zero attached hydrogens (tertiary/aromatic N) is 2. The van der Waals surface area contributed by atoms with E-state index in [1.54, 1.807) is 6.08 Å². The number of anilines is 1. The zero-order valence-electron chi connectivity index (χ0n) is 16.1. The lowest BCUT2D eigenvalue weighted by Crippen LogP contribution is -2.36. The van der Waals surface area contributed by atoms with Crippen molar-refractivity contribution in [1.29, 1.82) is 0 Å². The van der Waals surface area contributed by atoms with Gasteiger partial charge in [0.25, 0.3) is 0 Å². The Bertz CT molecular complexity index is 1010. The Balaban J connectivity index is 1.29. The Morgan fingerprint density at radius 2 is 2.03 bits per heavy atom. The third kappa shape index (κ3) is 4.44. The molecule has 8 atom stereocenters. The Morgan fingerprint density at radius 3 is 2.65 bits per heavy atom. The van der Waals surface area contributed by atoms with Crippen molar-refractivity contribution in [3.8, 4) is 0 Å². The number of allylic oxidation sites excluding steroid dienone is 1. The van der Waals surface area contributed by atoms with Gasteiger partial charge in [0.1, 0.15) is 24.1 Å². The molecule has 0 bridgehead atoms. The topological polar surface area (TPSA) is 204 Å². The van der Waals surface area contributed by atoms with E-state index in [1.807, 2.05) is 0 Å². The van der Waals surface area contributed by atoms with Crippen molar-refractivity contribution in [3.05, 3.63) is 34.4 Å². The van der Waals surface area contributed by atoms with Crippen molar-refractivity contribution >= 4 is 19.6 Å². The number of ether oxygens (including phenoxy) is 1. The summed E-state index contributed by atoms with van der Waals surface area (Å²) in [6.07, 6.45) is -2.24.